The van der Waals surface area contributed by atoms with E-state index in [1.165, 1.54) is 6.07 Å². The maximum absolute atomic E-state index is 14.5. The van der Waals surface area contributed by atoms with E-state index in [0.717, 1.165) is 36.0 Å². The van der Waals surface area contributed by atoms with Gasteiger partial charge in [0.1, 0.15) is 0 Å². The van der Waals surface area contributed by atoms with Gasteiger partial charge >= 0.3 is 6.18 Å². The van der Waals surface area contributed by atoms with Crippen LogP contribution in [0, 0.1) is 37.0 Å². The SMILES string of the molecule is Cc1cccc(C)c1-c1cc2nc(n1)NS(=O)(=O)c1cccc(c1)C([C@@H](C)C[C@H]1C[C@H](N(C)C)C1)[C@H](CC1(C(F)(F)F)CC1)CO2. The maximum Gasteiger partial charge on any atom is 0.394 e. The van der Waals surface area contributed by atoms with Gasteiger partial charge in [0, 0.05) is 23.6 Å². The predicted octanol–water partition coefficient (Wildman–Crippen LogP) is 7.75. The summed E-state index contributed by atoms with van der Waals surface area (Å²) < 4.78 is 79.8. The number of fused-ring (bicyclic) bond motifs is 4. The van der Waals surface area contributed by atoms with Crippen molar-refractivity contribution in [1.29, 1.82) is 0 Å². The van der Waals surface area contributed by atoms with Crippen molar-refractivity contribution in [1.82, 2.24) is 14.9 Å². The molecule has 0 amide bonds. The molecule has 248 valence electrons. The number of aromatic nitrogens is 2. The van der Waals surface area contributed by atoms with Gasteiger partial charge in [-0.1, -0.05) is 37.3 Å². The third kappa shape index (κ3) is 6.50. The largest absolute Gasteiger partial charge is 0.477 e. The maximum atomic E-state index is 14.5. The van der Waals surface area contributed by atoms with Gasteiger partial charge in [0.15, 0.2) is 0 Å². The summed E-state index contributed by atoms with van der Waals surface area (Å²) >= 11 is 0. The van der Waals surface area contributed by atoms with Crippen molar-refractivity contribution < 1.29 is 26.3 Å². The summed E-state index contributed by atoms with van der Waals surface area (Å²) in [4.78, 5) is 11.2. The van der Waals surface area contributed by atoms with Crippen LogP contribution in [-0.2, 0) is 10.0 Å². The molecule has 0 saturated heterocycles. The van der Waals surface area contributed by atoms with Crippen molar-refractivity contribution in [3.63, 3.8) is 0 Å². The van der Waals surface area contributed by atoms with Crippen molar-refractivity contribution in [2.75, 3.05) is 25.4 Å². The first-order chi connectivity index (χ1) is 21.7. The lowest BCUT2D eigenvalue weighted by Gasteiger charge is -2.43. The van der Waals surface area contributed by atoms with Gasteiger partial charge in [-0.05, 0) is 113 Å². The zero-order valence-electron chi connectivity index (χ0n) is 27.1. The Balaban J connectivity index is 1.44. The first-order valence-electron chi connectivity index (χ1n) is 16.1. The predicted molar refractivity (Wildman–Crippen MR) is 172 cm³/mol. The third-order valence-corrected chi connectivity index (χ3v) is 11.9. The van der Waals surface area contributed by atoms with Gasteiger partial charge in [-0.2, -0.15) is 18.2 Å². The summed E-state index contributed by atoms with van der Waals surface area (Å²) in [6.45, 7) is 5.99. The Labute approximate surface area is 270 Å². The fourth-order valence-electron chi connectivity index (χ4n) is 7.75. The van der Waals surface area contributed by atoms with Crippen molar-refractivity contribution >= 4 is 16.0 Å². The lowest BCUT2D eigenvalue weighted by Crippen LogP contribution is -2.41. The number of sulfonamides is 1. The van der Waals surface area contributed by atoms with E-state index < -0.39 is 27.5 Å². The molecule has 1 aromatic heterocycles. The number of nitrogens with zero attached hydrogens (tertiary/aromatic N) is 3. The fourth-order valence-corrected chi connectivity index (χ4v) is 8.75. The molecular formula is C35H43F3N4O3S. The van der Waals surface area contributed by atoms with Crippen LogP contribution >= 0.6 is 0 Å². The molecule has 4 bridgehead atoms. The number of anilines is 1. The number of aryl methyl sites for hydroxylation is 2. The van der Waals surface area contributed by atoms with Crippen molar-refractivity contribution in [2.45, 2.75) is 82.3 Å². The van der Waals surface area contributed by atoms with Crippen molar-refractivity contribution in [2.24, 2.45) is 23.2 Å². The number of hydrogen-bond acceptors (Lipinski definition) is 6. The van der Waals surface area contributed by atoms with Crippen LogP contribution in [0.1, 0.15) is 68.1 Å². The molecule has 7 nitrogen and oxygen atoms in total. The van der Waals surface area contributed by atoms with Crippen LogP contribution in [0.3, 0.4) is 0 Å². The molecule has 0 spiro atoms. The summed E-state index contributed by atoms with van der Waals surface area (Å²) in [6.07, 6.45) is -1.31. The number of nitrogens with one attached hydrogen (secondary N) is 1. The van der Waals surface area contributed by atoms with Crippen LogP contribution < -0.4 is 9.46 Å². The Kier molecular flexibility index (Phi) is 8.63. The zero-order valence-corrected chi connectivity index (χ0v) is 27.9. The second-order valence-corrected chi connectivity index (χ2v) is 15.8. The second-order valence-electron chi connectivity index (χ2n) is 14.1. The molecule has 3 aromatic rings. The first kappa shape index (κ1) is 32.7. The summed E-state index contributed by atoms with van der Waals surface area (Å²) in [5.74, 6) is -0.470. The monoisotopic (exact) mass is 656 g/mol. The number of rotatable bonds is 7. The summed E-state index contributed by atoms with van der Waals surface area (Å²) in [7, 11) is 0.0130. The highest BCUT2D eigenvalue weighted by molar-refractivity contribution is 7.92. The normalized spacial score (nSPS) is 25.7. The fraction of sp³-hybridized carbons (Fsp3) is 0.543. The molecule has 2 heterocycles. The molecule has 2 saturated carbocycles. The number of hydrogen-bond donors (Lipinski definition) is 1. The van der Waals surface area contributed by atoms with E-state index in [1.54, 1.807) is 18.2 Å². The van der Waals surface area contributed by atoms with Gasteiger partial charge < -0.3 is 9.64 Å². The minimum absolute atomic E-state index is 0.00858. The first-order valence-corrected chi connectivity index (χ1v) is 17.6. The highest BCUT2D eigenvalue weighted by Gasteiger charge is 2.64. The molecule has 2 aliphatic carbocycles. The average Bonchev–Trinajstić information content (AvgIpc) is 3.74. The standard InChI is InChI=1S/C35H43F3N4O3S/c1-21-8-6-9-22(2)31(21)29-18-30-40-33(39-29)41-46(43,44)28-11-7-10-25(17-28)32(23(3)14-24-15-27(16-24)42(4)5)26(20-45-30)19-34(12-13-34)35(36,37)38/h6-11,17-18,23-24,26-27,32H,12-16,19-20H2,1-5H3,(H,39,40,41)/t23-,24-,26+,27-,32?/m0/s1. The lowest BCUT2D eigenvalue weighted by molar-refractivity contribution is -0.193. The zero-order chi connectivity index (χ0) is 33.0. The highest BCUT2D eigenvalue weighted by atomic mass is 32.2. The van der Waals surface area contributed by atoms with Crippen LogP contribution in [0.2, 0.25) is 0 Å². The van der Waals surface area contributed by atoms with Gasteiger partial charge in [-0.3, -0.25) is 0 Å². The molecule has 0 radical (unpaired) electrons. The molecule has 11 heteroatoms. The van der Waals surface area contributed by atoms with Gasteiger partial charge in [0.2, 0.25) is 11.8 Å². The van der Waals surface area contributed by atoms with Gasteiger partial charge in [0.25, 0.3) is 10.0 Å². The lowest BCUT2D eigenvalue weighted by atomic mass is 9.67. The number of alkyl halides is 3. The van der Waals surface area contributed by atoms with Crippen molar-refractivity contribution in [3.05, 3.63) is 65.2 Å². The van der Waals surface area contributed by atoms with Crippen molar-refractivity contribution in [3.8, 4) is 17.1 Å². The molecule has 6 rings (SSSR count). The van der Waals surface area contributed by atoms with Crippen LogP contribution in [0.15, 0.2) is 53.4 Å². The molecular weight excluding hydrogens is 613 g/mol. The molecule has 1 unspecified atom stereocenters. The second kappa shape index (κ2) is 12.1. The number of halogens is 3. The van der Waals surface area contributed by atoms with E-state index in [4.69, 9.17) is 4.74 Å². The average molecular weight is 657 g/mol. The molecule has 3 atom stereocenters. The molecule has 2 fully saturated rings. The summed E-state index contributed by atoms with van der Waals surface area (Å²) in [5, 5.41) is 0. The summed E-state index contributed by atoms with van der Waals surface area (Å²) in [5.41, 5.74) is 2.12. The Hall–Kier alpha value is -3.18. The smallest absolute Gasteiger partial charge is 0.394 e. The van der Waals surface area contributed by atoms with Gasteiger partial charge in [-0.15, -0.1) is 0 Å². The highest BCUT2D eigenvalue weighted by Crippen LogP contribution is 2.62. The minimum Gasteiger partial charge on any atom is -0.477 e. The molecule has 1 N–H and O–H groups in total. The Bertz CT molecular complexity index is 1680. The van der Waals surface area contributed by atoms with E-state index in [0.29, 0.717) is 23.2 Å². The quantitative estimate of drug-likeness (QED) is 0.280. The molecule has 1 aliphatic heterocycles. The van der Waals surface area contributed by atoms with E-state index in [-0.39, 0.29) is 54.4 Å². The van der Waals surface area contributed by atoms with Crippen LogP contribution in [-0.4, -0.2) is 56.2 Å². The van der Waals surface area contributed by atoms with E-state index in [2.05, 4.69) is 40.6 Å². The Morgan fingerprint density at radius 2 is 1.72 bits per heavy atom. The van der Waals surface area contributed by atoms with Crippen LogP contribution in [0.4, 0.5) is 19.1 Å². The van der Waals surface area contributed by atoms with E-state index in [1.807, 2.05) is 38.1 Å². The molecule has 2 aromatic carbocycles. The number of ether oxygens (including phenoxy) is 1. The topological polar surface area (TPSA) is 84.4 Å². The summed E-state index contributed by atoms with van der Waals surface area (Å²) in [6, 6.07) is 14.6. The van der Waals surface area contributed by atoms with E-state index >= 15 is 0 Å². The Morgan fingerprint density at radius 3 is 2.35 bits per heavy atom. The van der Waals surface area contributed by atoms with E-state index in [9.17, 15) is 21.6 Å². The third-order valence-electron chi connectivity index (χ3n) is 10.5. The van der Waals surface area contributed by atoms with Crippen LogP contribution in [0.5, 0.6) is 5.88 Å². The minimum atomic E-state index is -4.33. The Morgan fingerprint density at radius 1 is 1.04 bits per heavy atom. The number of benzene rings is 2. The van der Waals surface area contributed by atoms with Crippen LogP contribution in [0.25, 0.3) is 11.3 Å². The van der Waals surface area contributed by atoms with Gasteiger partial charge in [0.05, 0.1) is 22.6 Å². The molecule has 46 heavy (non-hydrogen) atoms. The molecule has 3 aliphatic rings. The van der Waals surface area contributed by atoms with Gasteiger partial charge in [-0.25, -0.2) is 18.1 Å².